The SMILES string of the molecule is CC(C)(C)c1ccc(OCC(=O)NCCCc2nnc3ccccn23)cc1. The van der Waals surface area contributed by atoms with Gasteiger partial charge in [0, 0.05) is 19.2 Å². The van der Waals surface area contributed by atoms with Gasteiger partial charge in [0.2, 0.25) is 0 Å². The molecule has 1 amide bonds. The monoisotopic (exact) mass is 366 g/mol. The molecule has 0 unspecified atom stereocenters. The van der Waals surface area contributed by atoms with Crippen molar-refractivity contribution in [2.24, 2.45) is 0 Å². The first-order valence-corrected chi connectivity index (χ1v) is 9.22. The molecule has 0 spiro atoms. The van der Waals surface area contributed by atoms with E-state index in [0.717, 1.165) is 24.3 Å². The van der Waals surface area contributed by atoms with E-state index in [1.54, 1.807) is 0 Å². The maximum Gasteiger partial charge on any atom is 0.257 e. The van der Waals surface area contributed by atoms with Crippen molar-refractivity contribution in [3.8, 4) is 5.75 Å². The van der Waals surface area contributed by atoms with Crippen LogP contribution in [0.2, 0.25) is 0 Å². The molecule has 2 aromatic heterocycles. The molecule has 3 rings (SSSR count). The molecular formula is C21H26N4O2. The van der Waals surface area contributed by atoms with Crippen LogP contribution in [-0.2, 0) is 16.6 Å². The molecule has 0 bridgehead atoms. The topological polar surface area (TPSA) is 68.5 Å². The summed E-state index contributed by atoms with van der Waals surface area (Å²) in [5.74, 6) is 1.48. The molecule has 0 aliphatic heterocycles. The van der Waals surface area contributed by atoms with Gasteiger partial charge in [-0.2, -0.15) is 0 Å². The maximum absolute atomic E-state index is 11.9. The fourth-order valence-electron chi connectivity index (χ4n) is 2.79. The smallest absolute Gasteiger partial charge is 0.257 e. The Kier molecular flexibility index (Phi) is 5.74. The molecule has 27 heavy (non-hydrogen) atoms. The number of rotatable bonds is 7. The summed E-state index contributed by atoms with van der Waals surface area (Å²) in [6.07, 6.45) is 3.49. The van der Waals surface area contributed by atoms with Gasteiger partial charge in [-0.05, 0) is 41.7 Å². The second-order valence-electron chi connectivity index (χ2n) is 7.56. The summed E-state index contributed by atoms with van der Waals surface area (Å²) in [7, 11) is 0. The number of nitrogens with zero attached hydrogens (tertiary/aromatic N) is 3. The molecule has 3 aromatic rings. The van der Waals surface area contributed by atoms with E-state index in [9.17, 15) is 4.79 Å². The molecule has 6 heteroatoms. The lowest BCUT2D eigenvalue weighted by Crippen LogP contribution is -2.30. The highest BCUT2D eigenvalue weighted by molar-refractivity contribution is 5.77. The first-order chi connectivity index (χ1) is 12.9. The number of hydrogen-bond donors (Lipinski definition) is 1. The molecule has 0 saturated heterocycles. The van der Waals surface area contributed by atoms with Gasteiger partial charge in [0.25, 0.3) is 5.91 Å². The Balaban J connectivity index is 1.38. The Bertz CT molecular complexity index is 894. The summed E-state index contributed by atoms with van der Waals surface area (Å²) in [5, 5.41) is 11.2. The van der Waals surface area contributed by atoms with Crippen LogP contribution in [0.4, 0.5) is 0 Å². The van der Waals surface area contributed by atoms with Crippen LogP contribution in [0, 0.1) is 0 Å². The predicted molar refractivity (Wildman–Crippen MR) is 105 cm³/mol. The maximum atomic E-state index is 11.9. The summed E-state index contributed by atoms with van der Waals surface area (Å²) in [6, 6.07) is 13.7. The summed E-state index contributed by atoms with van der Waals surface area (Å²) in [4.78, 5) is 11.9. The fourth-order valence-corrected chi connectivity index (χ4v) is 2.79. The van der Waals surface area contributed by atoms with Gasteiger partial charge in [-0.15, -0.1) is 10.2 Å². The van der Waals surface area contributed by atoms with E-state index in [-0.39, 0.29) is 17.9 Å². The lowest BCUT2D eigenvalue weighted by atomic mass is 9.87. The predicted octanol–water partition coefficient (Wildman–Crippen LogP) is 3.15. The number of aryl methyl sites for hydroxylation is 1. The van der Waals surface area contributed by atoms with E-state index in [2.05, 4.69) is 36.3 Å². The number of carbonyl (C=O) groups excluding carboxylic acids is 1. The van der Waals surface area contributed by atoms with Crippen LogP contribution in [0.25, 0.3) is 5.65 Å². The van der Waals surface area contributed by atoms with Crippen LogP contribution in [0.3, 0.4) is 0 Å². The van der Waals surface area contributed by atoms with Crippen molar-refractivity contribution in [1.82, 2.24) is 19.9 Å². The molecule has 0 saturated carbocycles. The number of ether oxygens (including phenoxy) is 1. The number of aromatic nitrogens is 3. The molecule has 1 aromatic carbocycles. The van der Waals surface area contributed by atoms with Crippen molar-refractivity contribution in [2.75, 3.05) is 13.2 Å². The minimum Gasteiger partial charge on any atom is -0.484 e. The summed E-state index contributed by atoms with van der Waals surface area (Å²) in [6.45, 7) is 7.09. The molecule has 1 N–H and O–H groups in total. The number of pyridine rings is 1. The number of hydrogen-bond acceptors (Lipinski definition) is 4. The van der Waals surface area contributed by atoms with E-state index in [4.69, 9.17) is 4.74 Å². The first kappa shape index (κ1) is 18.9. The highest BCUT2D eigenvalue weighted by Gasteiger charge is 2.13. The van der Waals surface area contributed by atoms with Crippen LogP contribution >= 0.6 is 0 Å². The number of nitrogens with one attached hydrogen (secondary N) is 1. The summed E-state index contributed by atoms with van der Waals surface area (Å²) >= 11 is 0. The molecule has 0 atom stereocenters. The fraction of sp³-hybridized carbons (Fsp3) is 0.381. The zero-order chi connectivity index (χ0) is 19.3. The van der Waals surface area contributed by atoms with Crippen molar-refractivity contribution < 1.29 is 9.53 Å². The third-order valence-corrected chi connectivity index (χ3v) is 4.37. The molecule has 2 heterocycles. The normalized spacial score (nSPS) is 11.5. The Labute approximate surface area is 159 Å². The first-order valence-electron chi connectivity index (χ1n) is 9.22. The summed E-state index contributed by atoms with van der Waals surface area (Å²) < 4.78 is 7.52. The average molecular weight is 366 g/mol. The van der Waals surface area contributed by atoms with Gasteiger partial charge >= 0.3 is 0 Å². The van der Waals surface area contributed by atoms with Crippen LogP contribution < -0.4 is 10.1 Å². The molecule has 0 aliphatic rings. The van der Waals surface area contributed by atoms with Crippen molar-refractivity contribution in [3.05, 3.63) is 60.0 Å². The minimum atomic E-state index is -0.124. The van der Waals surface area contributed by atoms with Crippen LogP contribution in [0.15, 0.2) is 48.7 Å². The van der Waals surface area contributed by atoms with E-state index in [1.165, 1.54) is 5.56 Å². The lowest BCUT2D eigenvalue weighted by Gasteiger charge is -2.19. The average Bonchev–Trinajstić information content (AvgIpc) is 3.06. The van der Waals surface area contributed by atoms with Crippen LogP contribution in [0.1, 0.15) is 38.6 Å². The van der Waals surface area contributed by atoms with E-state index < -0.39 is 0 Å². The van der Waals surface area contributed by atoms with Gasteiger partial charge in [-0.3, -0.25) is 9.20 Å². The van der Waals surface area contributed by atoms with Crippen molar-refractivity contribution in [1.29, 1.82) is 0 Å². The summed E-state index contributed by atoms with van der Waals surface area (Å²) in [5.41, 5.74) is 2.17. The lowest BCUT2D eigenvalue weighted by molar-refractivity contribution is -0.123. The Hall–Kier alpha value is -2.89. The number of amides is 1. The van der Waals surface area contributed by atoms with Crippen LogP contribution in [0.5, 0.6) is 5.75 Å². The molecule has 142 valence electrons. The van der Waals surface area contributed by atoms with Crippen molar-refractivity contribution >= 4 is 11.6 Å². The second-order valence-corrected chi connectivity index (χ2v) is 7.56. The van der Waals surface area contributed by atoms with E-state index in [1.807, 2.05) is 53.1 Å². The molecule has 6 nitrogen and oxygen atoms in total. The molecule has 0 aliphatic carbocycles. The van der Waals surface area contributed by atoms with Gasteiger partial charge in [0.05, 0.1) is 0 Å². The molecule has 0 fully saturated rings. The second kappa shape index (κ2) is 8.20. The third-order valence-electron chi connectivity index (χ3n) is 4.37. The van der Waals surface area contributed by atoms with Crippen LogP contribution in [-0.4, -0.2) is 33.7 Å². The van der Waals surface area contributed by atoms with Crippen molar-refractivity contribution in [2.45, 2.75) is 39.0 Å². The van der Waals surface area contributed by atoms with Gasteiger partial charge < -0.3 is 10.1 Å². The Morgan fingerprint density at radius 1 is 1.11 bits per heavy atom. The third kappa shape index (κ3) is 5.06. The number of benzene rings is 1. The largest absolute Gasteiger partial charge is 0.484 e. The Morgan fingerprint density at radius 2 is 1.89 bits per heavy atom. The van der Waals surface area contributed by atoms with Crippen molar-refractivity contribution in [3.63, 3.8) is 0 Å². The zero-order valence-corrected chi connectivity index (χ0v) is 16.1. The van der Waals surface area contributed by atoms with E-state index >= 15 is 0 Å². The van der Waals surface area contributed by atoms with Gasteiger partial charge in [0.1, 0.15) is 11.6 Å². The standard InChI is InChI=1S/C21H26N4O2/c1-21(2,3)16-9-11-17(12-10-16)27-15-20(26)22-13-6-8-19-24-23-18-7-4-5-14-25(18)19/h4-5,7,9-12,14H,6,8,13,15H2,1-3H3,(H,22,26). The number of carbonyl (C=O) groups is 1. The Morgan fingerprint density at radius 3 is 2.63 bits per heavy atom. The quantitative estimate of drug-likeness (QED) is 0.652. The van der Waals surface area contributed by atoms with Gasteiger partial charge in [-0.25, -0.2) is 0 Å². The zero-order valence-electron chi connectivity index (χ0n) is 16.1. The highest BCUT2D eigenvalue weighted by Crippen LogP contribution is 2.24. The molecule has 0 radical (unpaired) electrons. The minimum absolute atomic E-state index is 0.0166. The number of fused-ring (bicyclic) bond motifs is 1. The molecular weight excluding hydrogens is 340 g/mol. The highest BCUT2D eigenvalue weighted by atomic mass is 16.5. The van der Waals surface area contributed by atoms with E-state index in [0.29, 0.717) is 12.3 Å². The van der Waals surface area contributed by atoms with Gasteiger partial charge in [0.15, 0.2) is 12.3 Å². The van der Waals surface area contributed by atoms with Gasteiger partial charge in [-0.1, -0.05) is 39.0 Å².